The largest absolute Gasteiger partial charge is 0.310 e. The van der Waals surface area contributed by atoms with Crippen LogP contribution in [0.5, 0.6) is 0 Å². The summed E-state index contributed by atoms with van der Waals surface area (Å²) in [5, 5.41) is 4.33. The van der Waals surface area contributed by atoms with Crippen LogP contribution >= 0.6 is 11.6 Å². The summed E-state index contributed by atoms with van der Waals surface area (Å²) in [6, 6.07) is 13.4. The molecule has 0 aliphatic carbocycles. The summed E-state index contributed by atoms with van der Waals surface area (Å²) < 4.78 is 0. The summed E-state index contributed by atoms with van der Waals surface area (Å²) in [7, 11) is 0. The lowest BCUT2D eigenvalue weighted by atomic mass is 9.97. The van der Waals surface area contributed by atoms with Gasteiger partial charge in [0.2, 0.25) is 0 Å². The molecule has 1 N–H and O–H groups in total. The molecule has 2 aromatic carbocycles. The normalized spacial score (nSPS) is 12.4. The van der Waals surface area contributed by atoms with Crippen molar-refractivity contribution >= 4 is 11.6 Å². The molecule has 21 heavy (non-hydrogen) atoms. The maximum Gasteiger partial charge on any atom is 0.0487 e. The zero-order valence-corrected chi connectivity index (χ0v) is 14.1. The minimum atomic E-state index is 0.430. The van der Waals surface area contributed by atoms with Crippen LogP contribution in [0.1, 0.15) is 43.0 Å². The van der Waals surface area contributed by atoms with Gasteiger partial charge in [-0.25, -0.2) is 0 Å². The van der Waals surface area contributed by atoms with Crippen LogP contribution in [0.15, 0.2) is 36.4 Å². The van der Waals surface area contributed by atoms with Crippen molar-refractivity contribution in [3.8, 4) is 11.1 Å². The zero-order valence-electron chi connectivity index (χ0n) is 13.3. The Hall–Kier alpha value is -1.31. The second-order valence-electron chi connectivity index (χ2n) is 5.56. The van der Waals surface area contributed by atoms with Crippen LogP contribution in [0.2, 0.25) is 5.02 Å². The van der Waals surface area contributed by atoms with Gasteiger partial charge in [-0.1, -0.05) is 49.7 Å². The molecule has 0 saturated heterocycles. The molecule has 0 aliphatic rings. The van der Waals surface area contributed by atoms with Crippen molar-refractivity contribution in [1.29, 1.82) is 0 Å². The zero-order chi connectivity index (χ0) is 15.4. The lowest BCUT2D eigenvalue weighted by molar-refractivity contribution is 0.537. The fourth-order valence-corrected chi connectivity index (χ4v) is 2.97. The molecule has 0 aromatic heterocycles. The van der Waals surface area contributed by atoms with Crippen molar-refractivity contribution in [3.05, 3.63) is 58.1 Å². The Kier molecular flexibility index (Phi) is 5.44. The fraction of sp³-hybridized carbons (Fsp3) is 0.368. The van der Waals surface area contributed by atoms with Gasteiger partial charge in [0.05, 0.1) is 0 Å². The first-order valence-corrected chi connectivity index (χ1v) is 8.05. The molecule has 0 fully saturated rings. The summed E-state index contributed by atoms with van der Waals surface area (Å²) in [5.41, 5.74) is 6.14. The lowest BCUT2D eigenvalue weighted by Crippen LogP contribution is -2.19. The van der Waals surface area contributed by atoms with Gasteiger partial charge in [-0.15, -0.1) is 0 Å². The van der Waals surface area contributed by atoms with Crippen molar-refractivity contribution in [3.63, 3.8) is 0 Å². The first-order chi connectivity index (χ1) is 10.1. The third-order valence-electron chi connectivity index (χ3n) is 4.07. The van der Waals surface area contributed by atoms with Crippen molar-refractivity contribution in [2.45, 2.75) is 40.2 Å². The van der Waals surface area contributed by atoms with Crippen LogP contribution in [0, 0.1) is 13.8 Å². The highest BCUT2D eigenvalue weighted by Crippen LogP contribution is 2.31. The number of benzene rings is 2. The average Bonchev–Trinajstić information content (AvgIpc) is 2.49. The third-order valence-corrected chi connectivity index (χ3v) is 4.38. The van der Waals surface area contributed by atoms with Crippen molar-refractivity contribution in [2.24, 2.45) is 0 Å². The molecular weight excluding hydrogens is 278 g/mol. The molecular formula is C19H24ClN. The van der Waals surface area contributed by atoms with Gasteiger partial charge in [-0.3, -0.25) is 0 Å². The number of hydrogen-bond donors (Lipinski definition) is 1. The highest BCUT2D eigenvalue weighted by Gasteiger charge is 2.09. The Bertz CT molecular complexity index is 602. The average molecular weight is 302 g/mol. The topological polar surface area (TPSA) is 12.0 Å². The third kappa shape index (κ3) is 3.66. The smallest absolute Gasteiger partial charge is 0.0487 e. The number of rotatable bonds is 5. The van der Waals surface area contributed by atoms with Crippen molar-refractivity contribution in [1.82, 2.24) is 5.32 Å². The molecule has 0 amide bonds. The highest BCUT2D eigenvalue weighted by atomic mass is 35.5. The van der Waals surface area contributed by atoms with E-state index in [4.69, 9.17) is 11.6 Å². The van der Waals surface area contributed by atoms with Crippen LogP contribution in [0.3, 0.4) is 0 Å². The van der Waals surface area contributed by atoms with Gasteiger partial charge in [0.25, 0.3) is 0 Å². The molecule has 0 bridgehead atoms. The second-order valence-corrected chi connectivity index (χ2v) is 5.96. The standard InChI is InChI=1S/C19H24ClN/c1-5-19(21-6-2)16-9-7-15(8-10-16)17-11-13(3)14(4)12-18(17)20/h7-12,19,21H,5-6H2,1-4H3. The van der Waals surface area contributed by atoms with E-state index in [-0.39, 0.29) is 0 Å². The molecule has 1 nitrogen and oxygen atoms in total. The minimum absolute atomic E-state index is 0.430. The first-order valence-electron chi connectivity index (χ1n) is 7.67. The maximum atomic E-state index is 6.40. The summed E-state index contributed by atoms with van der Waals surface area (Å²) in [4.78, 5) is 0. The minimum Gasteiger partial charge on any atom is -0.310 e. The molecule has 0 heterocycles. The Morgan fingerprint density at radius 2 is 1.62 bits per heavy atom. The van der Waals surface area contributed by atoms with Gasteiger partial charge in [0.15, 0.2) is 0 Å². The van der Waals surface area contributed by atoms with E-state index in [9.17, 15) is 0 Å². The molecule has 2 heteroatoms. The Balaban J connectivity index is 2.33. The second kappa shape index (κ2) is 7.11. The van der Waals surface area contributed by atoms with Gasteiger partial charge in [-0.05, 0) is 61.2 Å². The van der Waals surface area contributed by atoms with Crippen LogP contribution in [-0.2, 0) is 0 Å². The van der Waals surface area contributed by atoms with Crippen LogP contribution in [0.4, 0.5) is 0 Å². The Morgan fingerprint density at radius 1 is 1.00 bits per heavy atom. The van der Waals surface area contributed by atoms with Crippen molar-refractivity contribution < 1.29 is 0 Å². The van der Waals surface area contributed by atoms with E-state index in [1.165, 1.54) is 22.3 Å². The first kappa shape index (κ1) is 16.1. The van der Waals surface area contributed by atoms with Crippen molar-refractivity contribution in [2.75, 3.05) is 6.54 Å². The summed E-state index contributed by atoms with van der Waals surface area (Å²) >= 11 is 6.40. The van der Waals surface area contributed by atoms with E-state index >= 15 is 0 Å². The van der Waals surface area contributed by atoms with Crippen LogP contribution < -0.4 is 5.32 Å². The Labute approximate surface area is 133 Å². The Morgan fingerprint density at radius 3 is 2.19 bits per heavy atom. The monoisotopic (exact) mass is 301 g/mol. The van der Waals surface area contributed by atoms with E-state index in [0.29, 0.717) is 6.04 Å². The number of aryl methyl sites for hydroxylation is 2. The predicted octanol–water partition coefficient (Wildman–Crippen LogP) is 5.68. The summed E-state index contributed by atoms with van der Waals surface area (Å²) in [6.45, 7) is 9.56. The molecule has 0 spiro atoms. The molecule has 1 unspecified atom stereocenters. The number of nitrogens with one attached hydrogen (secondary N) is 1. The van der Waals surface area contributed by atoms with Gasteiger partial charge in [0, 0.05) is 16.6 Å². The number of hydrogen-bond acceptors (Lipinski definition) is 1. The highest BCUT2D eigenvalue weighted by molar-refractivity contribution is 6.33. The fourth-order valence-electron chi connectivity index (χ4n) is 2.64. The summed E-state index contributed by atoms with van der Waals surface area (Å²) in [5.74, 6) is 0. The van der Waals surface area contributed by atoms with E-state index in [0.717, 1.165) is 23.6 Å². The molecule has 112 valence electrons. The van der Waals surface area contributed by atoms with Gasteiger partial charge in [-0.2, -0.15) is 0 Å². The van der Waals surface area contributed by atoms with Gasteiger partial charge in [0.1, 0.15) is 0 Å². The van der Waals surface area contributed by atoms with Gasteiger partial charge >= 0.3 is 0 Å². The van der Waals surface area contributed by atoms with E-state index in [1.54, 1.807) is 0 Å². The SMILES string of the molecule is CCNC(CC)c1ccc(-c2cc(C)c(C)cc2Cl)cc1. The summed E-state index contributed by atoms with van der Waals surface area (Å²) in [6.07, 6.45) is 1.09. The molecule has 1 atom stereocenters. The quantitative estimate of drug-likeness (QED) is 0.748. The molecule has 0 aliphatic heterocycles. The van der Waals surface area contributed by atoms with E-state index < -0.39 is 0 Å². The van der Waals surface area contributed by atoms with E-state index in [1.807, 2.05) is 6.07 Å². The van der Waals surface area contributed by atoms with Crippen LogP contribution in [-0.4, -0.2) is 6.54 Å². The molecule has 2 aromatic rings. The van der Waals surface area contributed by atoms with E-state index in [2.05, 4.69) is 63.3 Å². The maximum absolute atomic E-state index is 6.40. The molecule has 0 radical (unpaired) electrons. The molecule has 2 rings (SSSR count). The molecule has 0 saturated carbocycles. The number of halogens is 1. The lowest BCUT2D eigenvalue weighted by Gasteiger charge is -2.17. The van der Waals surface area contributed by atoms with Crippen LogP contribution in [0.25, 0.3) is 11.1 Å². The van der Waals surface area contributed by atoms with Gasteiger partial charge < -0.3 is 5.32 Å². The predicted molar refractivity (Wildman–Crippen MR) is 93.1 cm³/mol.